The van der Waals surface area contributed by atoms with Crippen molar-refractivity contribution in [1.82, 2.24) is 9.78 Å². The van der Waals surface area contributed by atoms with Crippen LogP contribution in [0, 0.1) is 0 Å². The van der Waals surface area contributed by atoms with Crippen molar-refractivity contribution in [2.24, 2.45) is 0 Å². The van der Waals surface area contributed by atoms with Crippen molar-refractivity contribution in [2.45, 2.75) is 39.7 Å². The zero-order valence-corrected chi connectivity index (χ0v) is 10.6. The molecule has 0 saturated heterocycles. The van der Waals surface area contributed by atoms with Gasteiger partial charge in [0.1, 0.15) is 5.56 Å². The van der Waals surface area contributed by atoms with E-state index < -0.39 is 10.8 Å². The lowest BCUT2D eigenvalue weighted by Crippen LogP contribution is -2.30. The number of aryl methyl sites for hydroxylation is 1. The van der Waals surface area contributed by atoms with E-state index >= 15 is 0 Å². The highest BCUT2D eigenvalue weighted by atomic mass is 35.5. The van der Waals surface area contributed by atoms with Gasteiger partial charge in [-0.1, -0.05) is 20.8 Å². The fraction of sp³-hybridized carbons (Fsp3) is 0.545. The Hall–Kier alpha value is -1.16. The second-order valence-corrected chi connectivity index (χ2v) is 4.93. The van der Waals surface area contributed by atoms with Crippen LogP contribution in [0.15, 0.2) is 10.9 Å². The molecule has 0 bridgehead atoms. The Bertz CT molecular complexity index is 472. The lowest BCUT2D eigenvalue weighted by atomic mass is 9.91. The molecule has 0 amide bonds. The fourth-order valence-electron chi connectivity index (χ4n) is 1.26. The van der Waals surface area contributed by atoms with E-state index in [1.54, 1.807) is 6.92 Å². The summed E-state index contributed by atoms with van der Waals surface area (Å²) in [5.74, 6) is 0. The lowest BCUT2D eigenvalue weighted by molar-refractivity contribution is 0.107. The van der Waals surface area contributed by atoms with Crippen molar-refractivity contribution in [3.63, 3.8) is 0 Å². The predicted molar refractivity (Wildman–Crippen MR) is 63.1 cm³/mol. The molecule has 0 fully saturated rings. The number of aromatic nitrogens is 2. The second kappa shape index (κ2) is 4.37. The van der Waals surface area contributed by atoms with Crippen molar-refractivity contribution < 1.29 is 4.79 Å². The van der Waals surface area contributed by atoms with Gasteiger partial charge in [0.25, 0.3) is 10.8 Å². The molecule has 16 heavy (non-hydrogen) atoms. The van der Waals surface area contributed by atoms with Gasteiger partial charge in [-0.05, 0) is 24.6 Å². The summed E-state index contributed by atoms with van der Waals surface area (Å²) in [6.07, 6.45) is 0. The maximum Gasteiger partial charge on any atom is 0.278 e. The summed E-state index contributed by atoms with van der Waals surface area (Å²) >= 11 is 5.38. The van der Waals surface area contributed by atoms with Crippen LogP contribution in [0.3, 0.4) is 0 Å². The SMILES string of the molecule is CCn1nc(C(C)(C)C)cc(C(=O)Cl)c1=O. The smallest absolute Gasteiger partial charge is 0.275 e. The molecule has 0 aliphatic carbocycles. The summed E-state index contributed by atoms with van der Waals surface area (Å²) in [7, 11) is 0. The molecular weight excluding hydrogens is 228 g/mol. The first-order valence-corrected chi connectivity index (χ1v) is 5.47. The average Bonchev–Trinajstić information content (AvgIpc) is 2.15. The van der Waals surface area contributed by atoms with E-state index in [0.717, 1.165) is 0 Å². The normalized spacial score (nSPS) is 11.6. The maximum absolute atomic E-state index is 11.7. The molecular formula is C11H15ClN2O2. The molecule has 88 valence electrons. The molecule has 1 rings (SSSR count). The van der Waals surface area contributed by atoms with Gasteiger partial charge in [0.2, 0.25) is 0 Å². The molecule has 0 unspecified atom stereocenters. The van der Waals surface area contributed by atoms with E-state index in [1.165, 1.54) is 10.7 Å². The van der Waals surface area contributed by atoms with Gasteiger partial charge >= 0.3 is 0 Å². The minimum atomic E-state index is -0.736. The Labute approximate surface area is 99.2 Å². The van der Waals surface area contributed by atoms with Gasteiger partial charge in [-0.3, -0.25) is 9.59 Å². The van der Waals surface area contributed by atoms with Crippen LogP contribution in [0.4, 0.5) is 0 Å². The summed E-state index contributed by atoms with van der Waals surface area (Å²) in [6, 6.07) is 1.48. The second-order valence-electron chi connectivity index (χ2n) is 4.59. The quantitative estimate of drug-likeness (QED) is 0.745. The van der Waals surface area contributed by atoms with Gasteiger partial charge in [0, 0.05) is 12.0 Å². The lowest BCUT2D eigenvalue weighted by Gasteiger charge is -2.19. The van der Waals surface area contributed by atoms with Gasteiger partial charge in [-0.15, -0.1) is 0 Å². The highest BCUT2D eigenvalue weighted by Crippen LogP contribution is 2.19. The Morgan fingerprint density at radius 3 is 2.44 bits per heavy atom. The Morgan fingerprint density at radius 1 is 1.50 bits per heavy atom. The summed E-state index contributed by atoms with van der Waals surface area (Å²) in [6.45, 7) is 8.09. The standard InChI is InChI=1S/C11H15ClN2O2/c1-5-14-10(16)7(9(12)15)6-8(13-14)11(2,3)4/h6H,5H2,1-4H3. The van der Waals surface area contributed by atoms with Crippen LogP contribution in [0.2, 0.25) is 0 Å². The fourth-order valence-corrected chi connectivity index (χ4v) is 1.40. The molecule has 0 N–H and O–H groups in total. The Morgan fingerprint density at radius 2 is 2.06 bits per heavy atom. The minimum Gasteiger partial charge on any atom is -0.275 e. The van der Waals surface area contributed by atoms with E-state index in [1.807, 2.05) is 20.8 Å². The van der Waals surface area contributed by atoms with Crippen LogP contribution in [0.5, 0.6) is 0 Å². The van der Waals surface area contributed by atoms with E-state index in [9.17, 15) is 9.59 Å². The number of halogens is 1. The van der Waals surface area contributed by atoms with Crippen molar-refractivity contribution >= 4 is 16.8 Å². The third-order valence-corrected chi connectivity index (χ3v) is 2.46. The van der Waals surface area contributed by atoms with Gasteiger partial charge in [0.05, 0.1) is 5.69 Å². The minimum absolute atomic E-state index is 0.0107. The summed E-state index contributed by atoms with van der Waals surface area (Å²) in [4.78, 5) is 22.9. The highest BCUT2D eigenvalue weighted by molar-refractivity contribution is 6.67. The van der Waals surface area contributed by atoms with Crippen molar-refractivity contribution in [3.8, 4) is 0 Å². The Kier molecular flexibility index (Phi) is 3.53. The summed E-state index contributed by atoms with van der Waals surface area (Å²) < 4.78 is 1.26. The van der Waals surface area contributed by atoms with Crippen LogP contribution in [-0.4, -0.2) is 15.0 Å². The summed E-state index contributed by atoms with van der Waals surface area (Å²) in [5, 5.41) is 3.46. The third-order valence-electron chi connectivity index (χ3n) is 2.25. The Balaban J connectivity index is 3.53. The van der Waals surface area contributed by atoms with Crippen LogP contribution in [0.25, 0.3) is 0 Å². The topological polar surface area (TPSA) is 52.0 Å². The molecule has 1 aromatic heterocycles. The molecule has 1 aromatic rings. The number of rotatable bonds is 2. The molecule has 4 nitrogen and oxygen atoms in total. The maximum atomic E-state index is 11.7. The van der Waals surface area contributed by atoms with Crippen LogP contribution in [-0.2, 0) is 12.0 Å². The number of hydrogen-bond donors (Lipinski definition) is 0. The number of nitrogens with zero attached hydrogens (tertiary/aromatic N) is 2. The predicted octanol–water partition coefficient (Wildman–Crippen LogP) is 1.94. The molecule has 0 aliphatic heterocycles. The van der Waals surface area contributed by atoms with Crippen LogP contribution >= 0.6 is 11.6 Å². The molecule has 0 radical (unpaired) electrons. The highest BCUT2D eigenvalue weighted by Gasteiger charge is 2.21. The van der Waals surface area contributed by atoms with E-state index in [2.05, 4.69) is 5.10 Å². The first-order valence-electron chi connectivity index (χ1n) is 5.10. The third kappa shape index (κ3) is 2.50. The van der Waals surface area contributed by atoms with E-state index in [4.69, 9.17) is 11.6 Å². The van der Waals surface area contributed by atoms with Crippen molar-refractivity contribution in [2.75, 3.05) is 0 Å². The van der Waals surface area contributed by atoms with Crippen molar-refractivity contribution in [3.05, 3.63) is 27.7 Å². The number of carbonyl (C=O) groups excluding carboxylic acids is 1. The molecule has 0 spiro atoms. The summed E-state index contributed by atoms with van der Waals surface area (Å²) in [5.41, 5.74) is 0.00279. The van der Waals surface area contributed by atoms with Gasteiger partial charge in [-0.25, -0.2) is 4.68 Å². The van der Waals surface area contributed by atoms with Gasteiger partial charge < -0.3 is 0 Å². The first kappa shape index (κ1) is 12.9. The molecule has 0 atom stereocenters. The molecule has 0 saturated carbocycles. The average molecular weight is 243 g/mol. The van der Waals surface area contributed by atoms with Crippen molar-refractivity contribution in [1.29, 1.82) is 0 Å². The first-order chi connectivity index (χ1) is 7.27. The monoisotopic (exact) mass is 242 g/mol. The molecule has 0 aliphatic rings. The number of carbonyl (C=O) groups is 1. The van der Waals surface area contributed by atoms with Gasteiger partial charge in [-0.2, -0.15) is 5.10 Å². The van der Waals surface area contributed by atoms with E-state index in [-0.39, 0.29) is 11.0 Å². The number of hydrogen-bond acceptors (Lipinski definition) is 3. The largest absolute Gasteiger partial charge is 0.278 e. The molecule has 0 aromatic carbocycles. The molecule has 1 heterocycles. The zero-order valence-electron chi connectivity index (χ0n) is 9.87. The van der Waals surface area contributed by atoms with Gasteiger partial charge in [0.15, 0.2) is 0 Å². The zero-order chi connectivity index (χ0) is 12.5. The molecule has 5 heteroatoms. The van der Waals surface area contributed by atoms with Crippen LogP contribution in [0.1, 0.15) is 43.7 Å². The van der Waals surface area contributed by atoms with Crippen LogP contribution < -0.4 is 5.56 Å². The van der Waals surface area contributed by atoms with E-state index in [0.29, 0.717) is 12.2 Å².